The normalized spacial score (nSPS) is 15.1. The Hall–Kier alpha value is -1.25. The number of nitriles is 1. The highest BCUT2D eigenvalue weighted by molar-refractivity contribution is 8.13. The van der Waals surface area contributed by atoms with Crippen molar-refractivity contribution in [1.82, 2.24) is 0 Å². The Morgan fingerprint density at radius 1 is 1.14 bits per heavy atom. The van der Waals surface area contributed by atoms with Crippen LogP contribution in [0.25, 0.3) is 0 Å². The number of rotatable bonds is 3. The van der Waals surface area contributed by atoms with E-state index in [1.165, 1.54) is 6.07 Å². The zero-order chi connectivity index (χ0) is 20.8. The summed E-state index contributed by atoms with van der Waals surface area (Å²) in [6.45, 7) is 0. The van der Waals surface area contributed by atoms with Gasteiger partial charge in [-0.15, -0.1) is 0 Å². The van der Waals surface area contributed by atoms with E-state index >= 15 is 0 Å². The van der Waals surface area contributed by atoms with Gasteiger partial charge in [0.25, 0.3) is 9.05 Å². The van der Waals surface area contributed by atoms with Crippen molar-refractivity contribution in [3.63, 3.8) is 0 Å². The number of halogens is 3. The molecule has 0 N–H and O–H groups in total. The van der Waals surface area contributed by atoms with Crippen LogP contribution in [-0.2, 0) is 15.5 Å². The van der Waals surface area contributed by atoms with Crippen molar-refractivity contribution in [2.75, 3.05) is 0 Å². The predicted molar refractivity (Wildman–Crippen MR) is 83.5 cm³/mol. The van der Waals surface area contributed by atoms with Crippen LogP contribution in [0.1, 0.15) is 24.9 Å². The molecule has 0 atom stereocenters. The van der Waals surface area contributed by atoms with Gasteiger partial charge < -0.3 is 0 Å². The molecule has 0 radical (unpaired) electrons. The summed E-state index contributed by atoms with van der Waals surface area (Å²) in [4.78, 5) is -0.859. The summed E-state index contributed by atoms with van der Waals surface area (Å²) in [5.41, 5.74) is -1.29. The molecule has 0 heterocycles. The van der Waals surface area contributed by atoms with Crippen LogP contribution in [0, 0.1) is 11.3 Å². The Balaban J connectivity index is 2.93. The zero-order valence-corrected chi connectivity index (χ0v) is 13.1. The van der Waals surface area contributed by atoms with E-state index in [9.17, 15) is 8.42 Å². The molecule has 0 aliphatic carbocycles. The van der Waals surface area contributed by atoms with Crippen LogP contribution >= 0.6 is 33.9 Å². The van der Waals surface area contributed by atoms with Crippen LogP contribution in [0.4, 0.5) is 0 Å². The second-order valence-electron chi connectivity index (χ2n) is 3.77. The van der Waals surface area contributed by atoms with Crippen molar-refractivity contribution in [3.8, 4) is 6.07 Å². The van der Waals surface area contributed by atoms with Gasteiger partial charge in [-0.3, -0.25) is 0 Å². The maximum absolute atomic E-state index is 12.0. The molecule has 2 rings (SSSR count). The van der Waals surface area contributed by atoms with Gasteiger partial charge in [0.15, 0.2) is 0 Å². The largest absolute Gasteiger partial charge is 0.261 e. The van der Waals surface area contributed by atoms with Crippen LogP contribution in [0.5, 0.6) is 0 Å². The van der Waals surface area contributed by atoms with Crippen LogP contribution in [-0.4, -0.2) is 8.42 Å². The third kappa shape index (κ3) is 4.12. The van der Waals surface area contributed by atoms with Crippen LogP contribution < -0.4 is 0 Å². The molecule has 0 saturated heterocycles. The lowest BCUT2D eigenvalue weighted by atomic mass is 10.0. The summed E-state index contributed by atoms with van der Waals surface area (Å²) in [5, 5.41) is 8.31. The van der Waals surface area contributed by atoms with Crippen molar-refractivity contribution in [2.24, 2.45) is 0 Å². The molecule has 0 saturated carbocycles. The number of nitrogens with zero attached hydrogens (tertiary/aromatic N) is 1. The van der Waals surface area contributed by atoms with E-state index in [2.05, 4.69) is 0 Å². The maximum Gasteiger partial charge on any atom is 0.261 e. The lowest BCUT2D eigenvalue weighted by Crippen LogP contribution is -2.00. The van der Waals surface area contributed by atoms with Gasteiger partial charge in [0, 0.05) is 20.7 Å². The molecule has 0 unspecified atom stereocenters. The SMILES string of the molecule is [2H]c1c(Cl)c([2H])c(Cc2c([2H])c([2H])c(C#N)c([2H])c2S(=O)(=O)Cl)c([2H])c1Cl. The fourth-order valence-electron chi connectivity index (χ4n) is 1.52. The Labute approximate surface area is 145 Å². The third-order valence-corrected chi connectivity index (χ3v) is 3.98. The molecule has 7 heteroatoms. The molecule has 0 aliphatic rings. The Bertz CT molecular complexity index is 1100. The first-order chi connectivity index (χ1) is 12.3. The first-order valence-electron chi connectivity index (χ1n) is 8.25. The highest BCUT2D eigenvalue weighted by Crippen LogP contribution is 2.26. The van der Waals surface area contributed by atoms with Crippen molar-refractivity contribution in [1.29, 1.82) is 5.26 Å². The van der Waals surface area contributed by atoms with Gasteiger partial charge in [0.1, 0.15) is 0 Å². The summed E-state index contributed by atoms with van der Waals surface area (Å²) in [5.74, 6) is 0. The van der Waals surface area contributed by atoms with E-state index in [4.69, 9.17) is 47.4 Å². The van der Waals surface area contributed by atoms with Gasteiger partial charge in [0.05, 0.1) is 24.8 Å². The molecule has 21 heavy (non-hydrogen) atoms. The first-order valence-corrected chi connectivity index (χ1v) is 8.32. The van der Waals surface area contributed by atoms with Gasteiger partial charge >= 0.3 is 0 Å². The average Bonchev–Trinajstić information content (AvgIpc) is 2.58. The van der Waals surface area contributed by atoms with E-state index < -0.39 is 67.7 Å². The molecule has 2 aromatic rings. The van der Waals surface area contributed by atoms with E-state index in [0.717, 1.165) is 0 Å². The predicted octanol–water partition coefficient (Wildman–Crippen LogP) is 4.38. The van der Waals surface area contributed by atoms with E-state index in [1.54, 1.807) is 0 Å². The van der Waals surface area contributed by atoms with Crippen molar-refractivity contribution < 1.29 is 16.6 Å². The Kier molecular flexibility index (Phi) is 2.89. The van der Waals surface area contributed by atoms with Crippen molar-refractivity contribution >= 4 is 42.9 Å². The molecule has 0 fully saturated rings. The molecule has 0 bridgehead atoms. The highest BCUT2D eigenvalue weighted by Gasteiger charge is 2.17. The molecular formula is C14H8Cl3NO2S. The minimum Gasteiger partial charge on any atom is -0.207 e. The number of hydrogen-bond donors (Lipinski definition) is 0. The quantitative estimate of drug-likeness (QED) is 0.757. The topological polar surface area (TPSA) is 57.9 Å². The zero-order valence-electron chi connectivity index (χ0n) is 16.0. The Morgan fingerprint density at radius 3 is 2.29 bits per heavy atom. The van der Waals surface area contributed by atoms with Gasteiger partial charge in [-0.25, -0.2) is 8.42 Å². The number of benzene rings is 2. The van der Waals surface area contributed by atoms with Gasteiger partial charge in [0.2, 0.25) is 0 Å². The minimum atomic E-state index is -4.61. The average molecular weight is 367 g/mol. The summed E-state index contributed by atoms with van der Waals surface area (Å²) in [7, 11) is 0.773. The fraction of sp³-hybridized carbons (Fsp3) is 0.0714. The first kappa shape index (κ1) is 9.70. The lowest BCUT2D eigenvalue weighted by molar-refractivity contribution is 0.608. The standard InChI is InChI=1S/C14H8Cl3NO2S/c15-12-4-10(5-13(16)7-12)3-11-2-1-9(8-18)6-14(11)21(17,19)20/h1-2,4-7H,3H2/i1D,2D,4D,5D,6D,7D. The lowest BCUT2D eigenvalue weighted by Gasteiger charge is -2.08. The Morgan fingerprint density at radius 2 is 1.76 bits per heavy atom. The van der Waals surface area contributed by atoms with Gasteiger partial charge in [-0.2, -0.15) is 5.26 Å². The van der Waals surface area contributed by atoms with Gasteiger partial charge in [-0.1, -0.05) is 29.2 Å². The molecule has 108 valence electrons. The minimum absolute atomic E-state index is 0.209. The summed E-state index contributed by atoms with van der Waals surface area (Å²) < 4.78 is 71.3. The highest BCUT2D eigenvalue weighted by atomic mass is 35.7. The monoisotopic (exact) mass is 365 g/mol. The molecule has 0 spiro atoms. The molecular weight excluding hydrogens is 353 g/mol. The molecule has 3 nitrogen and oxygen atoms in total. The molecule has 0 aromatic heterocycles. The summed E-state index contributed by atoms with van der Waals surface area (Å²) in [6.07, 6.45) is -0.582. The van der Waals surface area contributed by atoms with Crippen LogP contribution in [0.3, 0.4) is 0 Å². The maximum atomic E-state index is 12.0. The molecule has 0 aliphatic heterocycles. The van der Waals surface area contributed by atoms with Crippen LogP contribution in [0.2, 0.25) is 10.0 Å². The molecule has 2 aromatic carbocycles. The van der Waals surface area contributed by atoms with E-state index in [0.29, 0.717) is 0 Å². The van der Waals surface area contributed by atoms with Crippen molar-refractivity contribution in [2.45, 2.75) is 11.3 Å². The summed E-state index contributed by atoms with van der Waals surface area (Å²) in [6, 6.07) is -2.13. The molecule has 0 amide bonds. The smallest absolute Gasteiger partial charge is 0.207 e. The van der Waals surface area contributed by atoms with Crippen molar-refractivity contribution in [3.05, 3.63) is 63.0 Å². The second-order valence-corrected chi connectivity index (χ2v) is 7.02. The van der Waals surface area contributed by atoms with Gasteiger partial charge in [-0.05, 0) is 47.8 Å². The number of hydrogen-bond acceptors (Lipinski definition) is 3. The van der Waals surface area contributed by atoms with Crippen LogP contribution in [0.15, 0.2) is 41.1 Å². The third-order valence-electron chi connectivity index (χ3n) is 2.30. The summed E-state index contributed by atoms with van der Waals surface area (Å²) >= 11 is 11.7. The second kappa shape index (κ2) is 6.25. The van der Waals surface area contributed by atoms with E-state index in [1.807, 2.05) is 0 Å². The van der Waals surface area contributed by atoms with E-state index in [-0.39, 0.29) is 15.6 Å². The fourth-order valence-corrected chi connectivity index (χ4v) is 3.03.